The van der Waals surface area contributed by atoms with Gasteiger partial charge in [0.1, 0.15) is 0 Å². The first-order valence-electron chi connectivity index (χ1n) is 8.37. The molecule has 0 aliphatic heterocycles. The van der Waals surface area contributed by atoms with Gasteiger partial charge in [-0.2, -0.15) is 4.31 Å². The van der Waals surface area contributed by atoms with Crippen molar-refractivity contribution in [3.05, 3.63) is 91.0 Å². The lowest BCUT2D eigenvalue weighted by Crippen LogP contribution is -2.35. The van der Waals surface area contributed by atoms with Gasteiger partial charge < -0.3 is 0 Å². The van der Waals surface area contributed by atoms with Crippen LogP contribution in [-0.4, -0.2) is 19.3 Å². The first-order valence-corrected chi connectivity index (χ1v) is 9.81. The van der Waals surface area contributed by atoms with Crippen molar-refractivity contribution in [3.63, 3.8) is 0 Å². The first-order chi connectivity index (χ1) is 12.0. The number of hydrogen-bond donors (Lipinski definition) is 0. The molecule has 0 radical (unpaired) electrons. The largest absolute Gasteiger partial charge is 0.243 e. The van der Waals surface area contributed by atoms with Gasteiger partial charge in [-0.1, -0.05) is 60.2 Å². The molecule has 0 heterocycles. The number of sulfonamides is 1. The Morgan fingerprint density at radius 2 is 1.68 bits per heavy atom. The molecule has 0 fully saturated rings. The van der Waals surface area contributed by atoms with Gasteiger partial charge in [0, 0.05) is 6.54 Å². The molecule has 25 heavy (non-hydrogen) atoms. The van der Waals surface area contributed by atoms with E-state index < -0.39 is 16.1 Å². The predicted molar refractivity (Wildman–Crippen MR) is 104 cm³/mol. The molecule has 0 bridgehead atoms. The maximum Gasteiger partial charge on any atom is 0.243 e. The number of hydrogen-bond acceptors (Lipinski definition) is 2. The normalized spacial score (nSPS) is 12.7. The summed E-state index contributed by atoms with van der Waals surface area (Å²) in [4.78, 5) is 0.305. The molecule has 1 unspecified atom stereocenters. The zero-order chi connectivity index (χ0) is 18.3. The average Bonchev–Trinajstić information content (AvgIpc) is 2.62. The predicted octanol–water partition coefficient (Wildman–Crippen LogP) is 4.88. The Bertz CT molecular complexity index is 796. The third-order valence-electron chi connectivity index (χ3n) is 4.09. The third kappa shape index (κ3) is 4.68. The molecular formula is C21H25NO2S. The first kappa shape index (κ1) is 19.2. The molecule has 4 heteroatoms. The highest BCUT2D eigenvalue weighted by Crippen LogP contribution is 2.29. The number of benzene rings is 2. The van der Waals surface area contributed by atoms with E-state index in [0.717, 1.165) is 17.5 Å². The van der Waals surface area contributed by atoms with E-state index in [0.29, 0.717) is 17.9 Å². The van der Waals surface area contributed by atoms with Crippen molar-refractivity contribution < 1.29 is 8.42 Å². The fourth-order valence-electron chi connectivity index (χ4n) is 2.72. The van der Waals surface area contributed by atoms with Gasteiger partial charge in [-0.3, -0.25) is 0 Å². The summed E-state index contributed by atoms with van der Waals surface area (Å²) < 4.78 is 28.1. The maximum atomic E-state index is 13.3. The summed E-state index contributed by atoms with van der Waals surface area (Å²) >= 11 is 0. The minimum atomic E-state index is -3.63. The van der Waals surface area contributed by atoms with Crippen molar-refractivity contribution in [1.82, 2.24) is 4.31 Å². The van der Waals surface area contributed by atoms with Crippen LogP contribution >= 0.6 is 0 Å². The smallest absolute Gasteiger partial charge is 0.207 e. The van der Waals surface area contributed by atoms with Gasteiger partial charge in [-0.25, -0.2) is 8.42 Å². The Morgan fingerprint density at radius 3 is 2.24 bits per heavy atom. The Morgan fingerprint density at radius 1 is 1.04 bits per heavy atom. The molecule has 0 spiro atoms. The van der Waals surface area contributed by atoms with Crippen LogP contribution in [0.5, 0.6) is 0 Å². The fourth-order valence-corrected chi connectivity index (χ4v) is 4.34. The van der Waals surface area contributed by atoms with Crippen LogP contribution < -0.4 is 0 Å². The number of unbranched alkanes of at least 4 members (excludes halogenated alkanes) is 1. The summed E-state index contributed by atoms with van der Waals surface area (Å²) in [6.07, 6.45) is 4.97. The van der Waals surface area contributed by atoms with Gasteiger partial charge in [0.2, 0.25) is 10.0 Å². The lowest BCUT2D eigenvalue weighted by Gasteiger charge is -2.29. The Labute approximate surface area is 151 Å². The molecule has 0 aliphatic rings. The second-order valence-electron chi connectivity index (χ2n) is 5.95. The van der Waals surface area contributed by atoms with Crippen LogP contribution in [0.15, 0.2) is 84.8 Å². The molecule has 132 valence electrons. The second kappa shape index (κ2) is 8.79. The van der Waals surface area contributed by atoms with E-state index in [2.05, 4.69) is 13.2 Å². The summed E-state index contributed by atoms with van der Waals surface area (Å²) in [6.45, 7) is 9.95. The van der Waals surface area contributed by atoms with E-state index >= 15 is 0 Å². The minimum Gasteiger partial charge on any atom is -0.207 e. The van der Waals surface area contributed by atoms with Crippen LogP contribution in [0.25, 0.3) is 0 Å². The van der Waals surface area contributed by atoms with Crippen LogP contribution in [0.1, 0.15) is 30.0 Å². The molecule has 0 N–H and O–H groups in total. The van der Waals surface area contributed by atoms with E-state index in [9.17, 15) is 8.42 Å². The number of allylic oxidation sites excluding steroid dienone is 1. The Balaban J connectivity index is 2.45. The van der Waals surface area contributed by atoms with Crippen molar-refractivity contribution >= 4 is 10.0 Å². The molecule has 0 aromatic heterocycles. The van der Waals surface area contributed by atoms with Crippen molar-refractivity contribution in [3.8, 4) is 0 Å². The topological polar surface area (TPSA) is 37.4 Å². The van der Waals surface area contributed by atoms with Gasteiger partial charge in [0.15, 0.2) is 0 Å². The summed E-state index contributed by atoms with van der Waals surface area (Å²) in [5, 5.41) is 0. The summed E-state index contributed by atoms with van der Waals surface area (Å²) in [5.74, 6) is 0. The van der Waals surface area contributed by atoms with E-state index in [1.807, 2.05) is 55.5 Å². The maximum absolute atomic E-state index is 13.3. The van der Waals surface area contributed by atoms with Crippen LogP contribution in [0, 0.1) is 6.92 Å². The van der Waals surface area contributed by atoms with Crippen LogP contribution in [0.4, 0.5) is 0 Å². The number of rotatable bonds is 9. The summed E-state index contributed by atoms with van der Waals surface area (Å²) in [7, 11) is -3.63. The average molecular weight is 356 g/mol. The van der Waals surface area contributed by atoms with E-state index in [1.54, 1.807) is 18.2 Å². The molecule has 0 amide bonds. The third-order valence-corrected chi connectivity index (χ3v) is 5.98. The van der Waals surface area contributed by atoms with Crippen LogP contribution in [-0.2, 0) is 10.0 Å². The zero-order valence-electron chi connectivity index (χ0n) is 14.6. The molecule has 2 rings (SSSR count). The number of nitrogens with zero attached hydrogens (tertiary/aromatic N) is 1. The second-order valence-corrected chi connectivity index (χ2v) is 7.84. The van der Waals surface area contributed by atoms with E-state index in [1.165, 1.54) is 4.31 Å². The minimum absolute atomic E-state index is 0.305. The molecule has 0 aliphatic carbocycles. The van der Waals surface area contributed by atoms with Crippen LogP contribution in [0.2, 0.25) is 0 Å². The van der Waals surface area contributed by atoms with E-state index in [-0.39, 0.29) is 0 Å². The van der Waals surface area contributed by atoms with Crippen molar-refractivity contribution in [2.75, 3.05) is 6.54 Å². The lowest BCUT2D eigenvalue weighted by atomic mass is 10.1. The molecular weight excluding hydrogens is 330 g/mol. The highest BCUT2D eigenvalue weighted by atomic mass is 32.2. The fraction of sp³-hybridized carbons (Fsp3) is 0.238. The van der Waals surface area contributed by atoms with Crippen molar-refractivity contribution in [1.29, 1.82) is 0 Å². The van der Waals surface area contributed by atoms with Gasteiger partial charge in [-0.15, -0.1) is 13.2 Å². The standard InChI is InChI=1S/C21H25NO2S/c1-4-6-10-17-22(21(5-2)19-11-8-7-9-12-19)25(23,24)20-15-13-18(3)14-16-20/h4-5,7-9,11-16,21H,1-2,6,10,17H2,3H3. The monoisotopic (exact) mass is 355 g/mol. The molecule has 1 atom stereocenters. The van der Waals surface area contributed by atoms with Crippen LogP contribution in [0.3, 0.4) is 0 Å². The Hall–Kier alpha value is -2.17. The molecule has 0 saturated heterocycles. The quantitative estimate of drug-likeness (QED) is 0.475. The lowest BCUT2D eigenvalue weighted by molar-refractivity contribution is 0.363. The van der Waals surface area contributed by atoms with Gasteiger partial charge in [0.05, 0.1) is 10.9 Å². The Kier molecular flexibility index (Phi) is 6.73. The SMILES string of the molecule is C=CCCCN(C(C=C)c1ccccc1)S(=O)(=O)c1ccc(C)cc1. The molecule has 0 saturated carbocycles. The highest BCUT2D eigenvalue weighted by molar-refractivity contribution is 7.89. The molecule has 3 nitrogen and oxygen atoms in total. The van der Waals surface area contributed by atoms with Crippen molar-refractivity contribution in [2.45, 2.75) is 30.7 Å². The van der Waals surface area contributed by atoms with Gasteiger partial charge in [-0.05, 0) is 37.5 Å². The van der Waals surface area contributed by atoms with Gasteiger partial charge >= 0.3 is 0 Å². The summed E-state index contributed by atoms with van der Waals surface area (Å²) in [5.41, 5.74) is 1.94. The van der Waals surface area contributed by atoms with E-state index in [4.69, 9.17) is 0 Å². The summed E-state index contributed by atoms with van der Waals surface area (Å²) in [6, 6.07) is 16.2. The molecule has 2 aromatic rings. The number of aryl methyl sites for hydroxylation is 1. The molecule has 2 aromatic carbocycles. The zero-order valence-corrected chi connectivity index (χ0v) is 15.5. The van der Waals surface area contributed by atoms with Crippen molar-refractivity contribution in [2.24, 2.45) is 0 Å². The highest BCUT2D eigenvalue weighted by Gasteiger charge is 2.30. The van der Waals surface area contributed by atoms with Gasteiger partial charge in [0.25, 0.3) is 0 Å².